The molecule has 0 bridgehead atoms. The van der Waals surface area contributed by atoms with Gasteiger partial charge in [-0.25, -0.2) is 4.79 Å². The van der Waals surface area contributed by atoms with Crippen LogP contribution in [0, 0.1) is 11.3 Å². The van der Waals surface area contributed by atoms with Gasteiger partial charge in [0.1, 0.15) is 24.0 Å². The van der Waals surface area contributed by atoms with Gasteiger partial charge in [-0.2, -0.15) is 5.26 Å². The summed E-state index contributed by atoms with van der Waals surface area (Å²) in [7, 11) is 0. The van der Waals surface area contributed by atoms with E-state index in [1.54, 1.807) is 6.92 Å². The number of nitriles is 1. The predicted octanol–water partition coefficient (Wildman–Crippen LogP) is 3.65. The topological polar surface area (TPSA) is 85.3 Å². The Labute approximate surface area is 151 Å². The number of carbonyl (C=O) groups excluding carboxylic acids is 1. The van der Waals surface area contributed by atoms with E-state index < -0.39 is 11.9 Å². The molecule has 1 aliphatic rings. The number of nitrogens with zero attached hydrogens (tertiary/aromatic N) is 1. The first-order valence-corrected chi connectivity index (χ1v) is 8.12. The Hall–Kier alpha value is -3.52. The van der Waals surface area contributed by atoms with Crippen LogP contribution >= 0.6 is 0 Å². The van der Waals surface area contributed by atoms with Crippen LogP contribution in [0.5, 0.6) is 0 Å². The fourth-order valence-corrected chi connectivity index (χ4v) is 3.17. The van der Waals surface area contributed by atoms with E-state index in [-0.39, 0.29) is 23.6 Å². The summed E-state index contributed by atoms with van der Waals surface area (Å²) < 4.78 is 10.7. The number of nitrogens with two attached hydrogens (primary N) is 1. The molecule has 0 fully saturated rings. The molecule has 2 aromatic rings. The molecule has 0 saturated heterocycles. The van der Waals surface area contributed by atoms with Gasteiger partial charge in [-0.05, 0) is 23.3 Å². The van der Waals surface area contributed by atoms with Gasteiger partial charge in [-0.1, -0.05) is 55.1 Å². The first-order chi connectivity index (χ1) is 12.6. The third kappa shape index (κ3) is 2.93. The van der Waals surface area contributed by atoms with Gasteiger partial charge < -0.3 is 15.2 Å². The Kier molecular flexibility index (Phi) is 4.76. The molecule has 0 aliphatic carbocycles. The van der Waals surface area contributed by atoms with Crippen LogP contribution in [-0.2, 0) is 14.3 Å². The molecule has 0 amide bonds. The van der Waals surface area contributed by atoms with Crippen molar-refractivity contribution in [1.29, 1.82) is 5.26 Å². The molecule has 130 valence electrons. The molecule has 26 heavy (non-hydrogen) atoms. The molecule has 0 radical (unpaired) electrons. The molecule has 0 spiro atoms. The van der Waals surface area contributed by atoms with E-state index in [2.05, 4.69) is 12.6 Å². The van der Waals surface area contributed by atoms with Crippen molar-refractivity contribution >= 4 is 16.7 Å². The van der Waals surface area contributed by atoms with Crippen molar-refractivity contribution in [2.45, 2.75) is 12.8 Å². The van der Waals surface area contributed by atoms with E-state index in [4.69, 9.17) is 15.2 Å². The Bertz CT molecular complexity index is 990. The van der Waals surface area contributed by atoms with Crippen molar-refractivity contribution in [1.82, 2.24) is 0 Å². The summed E-state index contributed by atoms with van der Waals surface area (Å²) in [5.41, 5.74) is 7.21. The maximum atomic E-state index is 12.7. The minimum Gasteiger partial charge on any atom is -0.458 e. The number of fused-ring (bicyclic) bond motifs is 1. The highest BCUT2D eigenvalue weighted by Crippen LogP contribution is 2.41. The van der Waals surface area contributed by atoms with Crippen molar-refractivity contribution in [2.24, 2.45) is 5.73 Å². The van der Waals surface area contributed by atoms with E-state index in [0.29, 0.717) is 5.76 Å². The number of ether oxygens (including phenoxy) is 2. The first kappa shape index (κ1) is 17.3. The van der Waals surface area contributed by atoms with Gasteiger partial charge in [0, 0.05) is 0 Å². The fourth-order valence-electron chi connectivity index (χ4n) is 3.17. The van der Waals surface area contributed by atoms with Gasteiger partial charge in [-0.15, -0.1) is 0 Å². The van der Waals surface area contributed by atoms with Gasteiger partial charge in [0.05, 0.1) is 11.5 Å². The van der Waals surface area contributed by atoms with Gasteiger partial charge in [0.2, 0.25) is 5.88 Å². The molecule has 1 heterocycles. The first-order valence-electron chi connectivity index (χ1n) is 8.12. The minimum atomic E-state index is -0.655. The normalized spacial score (nSPS) is 16.8. The average Bonchev–Trinajstić information content (AvgIpc) is 2.65. The molecule has 2 N–H and O–H groups in total. The number of carbonyl (C=O) groups is 1. The average molecular weight is 346 g/mol. The lowest BCUT2D eigenvalue weighted by molar-refractivity contribution is -0.138. The lowest BCUT2D eigenvalue weighted by Crippen LogP contribution is -2.25. The molecule has 0 saturated carbocycles. The van der Waals surface area contributed by atoms with Crippen molar-refractivity contribution in [2.75, 3.05) is 6.61 Å². The second kappa shape index (κ2) is 7.16. The Morgan fingerprint density at radius 3 is 2.81 bits per heavy atom. The summed E-state index contributed by atoms with van der Waals surface area (Å²) in [5.74, 6) is -0.880. The fraction of sp³-hybridized carbons (Fsp3) is 0.143. The molecule has 3 rings (SSSR count). The van der Waals surface area contributed by atoms with Crippen molar-refractivity contribution < 1.29 is 14.3 Å². The van der Waals surface area contributed by atoms with Crippen LogP contribution < -0.4 is 5.73 Å². The summed E-state index contributed by atoms with van der Waals surface area (Å²) in [5, 5.41) is 11.6. The van der Waals surface area contributed by atoms with Crippen LogP contribution in [-0.4, -0.2) is 12.6 Å². The van der Waals surface area contributed by atoms with Crippen molar-refractivity contribution in [3.63, 3.8) is 0 Å². The number of hydrogen-bond donors (Lipinski definition) is 1. The number of rotatable bonds is 4. The molecule has 2 aromatic carbocycles. The Balaban J connectivity index is 2.24. The van der Waals surface area contributed by atoms with Gasteiger partial charge in [0.25, 0.3) is 0 Å². The second-order valence-corrected chi connectivity index (χ2v) is 5.85. The van der Waals surface area contributed by atoms with Crippen LogP contribution in [0.3, 0.4) is 0 Å². The van der Waals surface area contributed by atoms with E-state index >= 15 is 0 Å². The maximum Gasteiger partial charge on any atom is 0.338 e. The van der Waals surface area contributed by atoms with E-state index in [9.17, 15) is 10.1 Å². The SMILES string of the molecule is C=CCOC(=O)C1=C(C)OC(N)=C(C#N)[C@@H]1c1cccc2ccccc12. The highest BCUT2D eigenvalue weighted by Gasteiger charge is 2.36. The smallest absolute Gasteiger partial charge is 0.338 e. The lowest BCUT2D eigenvalue weighted by atomic mass is 9.81. The summed E-state index contributed by atoms with van der Waals surface area (Å²) >= 11 is 0. The van der Waals surface area contributed by atoms with Crippen LogP contribution in [0.2, 0.25) is 0 Å². The summed E-state index contributed by atoms with van der Waals surface area (Å²) in [6.45, 7) is 5.26. The summed E-state index contributed by atoms with van der Waals surface area (Å²) in [6, 6.07) is 15.6. The quantitative estimate of drug-likeness (QED) is 0.674. The van der Waals surface area contributed by atoms with E-state index in [0.717, 1.165) is 16.3 Å². The summed E-state index contributed by atoms with van der Waals surface area (Å²) in [6.07, 6.45) is 1.49. The highest BCUT2D eigenvalue weighted by molar-refractivity contribution is 5.95. The Morgan fingerprint density at radius 2 is 2.08 bits per heavy atom. The molecule has 0 aromatic heterocycles. The van der Waals surface area contributed by atoms with Crippen LogP contribution in [0.4, 0.5) is 0 Å². The lowest BCUT2D eigenvalue weighted by Gasteiger charge is -2.27. The van der Waals surface area contributed by atoms with Crippen LogP contribution in [0.1, 0.15) is 18.4 Å². The molecule has 1 aliphatic heterocycles. The van der Waals surface area contributed by atoms with Gasteiger partial charge in [0.15, 0.2) is 0 Å². The van der Waals surface area contributed by atoms with Crippen molar-refractivity contribution in [3.05, 3.63) is 83.5 Å². The number of esters is 1. The van der Waals surface area contributed by atoms with E-state index in [1.165, 1.54) is 6.08 Å². The highest BCUT2D eigenvalue weighted by atomic mass is 16.5. The molecule has 5 nitrogen and oxygen atoms in total. The zero-order valence-electron chi connectivity index (χ0n) is 14.4. The molecule has 0 unspecified atom stereocenters. The van der Waals surface area contributed by atoms with E-state index in [1.807, 2.05) is 42.5 Å². The standard InChI is InChI=1S/C21H18N2O3/c1-3-11-25-21(24)18-13(2)26-20(23)17(12-22)19(18)16-10-6-8-14-7-4-5-9-15(14)16/h3-10,19H,1,11,23H2,2H3/t19-/m0/s1. The van der Waals surface area contributed by atoms with Gasteiger partial charge >= 0.3 is 5.97 Å². The summed E-state index contributed by atoms with van der Waals surface area (Å²) in [4.78, 5) is 12.7. The number of benzene rings is 2. The zero-order valence-corrected chi connectivity index (χ0v) is 14.4. The van der Waals surface area contributed by atoms with Crippen LogP contribution in [0.25, 0.3) is 10.8 Å². The monoisotopic (exact) mass is 346 g/mol. The second-order valence-electron chi connectivity index (χ2n) is 5.85. The Morgan fingerprint density at radius 1 is 1.35 bits per heavy atom. The van der Waals surface area contributed by atoms with Crippen molar-refractivity contribution in [3.8, 4) is 6.07 Å². The number of hydrogen-bond acceptors (Lipinski definition) is 5. The molecule has 5 heteroatoms. The number of allylic oxidation sites excluding steroid dienone is 2. The largest absolute Gasteiger partial charge is 0.458 e. The predicted molar refractivity (Wildman–Crippen MR) is 98.5 cm³/mol. The molecular formula is C21H18N2O3. The molecule has 1 atom stereocenters. The van der Waals surface area contributed by atoms with Crippen LogP contribution in [0.15, 0.2) is 77.9 Å². The van der Waals surface area contributed by atoms with Gasteiger partial charge in [-0.3, -0.25) is 0 Å². The minimum absolute atomic E-state index is 0.00297. The zero-order chi connectivity index (χ0) is 18.7. The molecular weight excluding hydrogens is 328 g/mol. The third-order valence-corrected chi connectivity index (χ3v) is 4.29. The third-order valence-electron chi connectivity index (χ3n) is 4.29. The maximum absolute atomic E-state index is 12.7.